The maximum absolute atomic E-state index is 11.6. The first kappa shape index (κ1) is 15.5. The van der Waals surface area contributed by atoms with Crippen molar-refractivity contribution in [3.8, 4) is 0 Å². The molecule has 1 aromatic rings. The van der Waals surface area contributed by atoms with E-state index in [9.17, 15) is 4.79 Å². The molecule has 4 heteroatoms. The number of likely N-dealkylation sites (N-methyl/N-ethyl adjacent to an activating group) is 1. The van der Waals surface area contributed by atoms with E-state index in [2.05, 4.69) is 0 Å². The summed E-state index contributed by atoms with van der Waals surface area (Å²) in [6.07, 6.45) is 0.660. The lowest BCUT2D eigenvalue weighted by Gasteiger charge is -2.20. The fraction of sp³-hybridized carbons (Fsp3) is 0.533. The van der Waals surface area contributed by atoms with Gasteiger partial charge in [-0.3, -0.25) is 4.79 Å². The molecule has 1 aromatic carbocycles. The molecule has 0 aromatic heterocycles. The van der Waals surface area contributed by atoms with E-state index in [1.165, 1.54) is 0 Å². The van der Waals surface area contributed by atoms with Crippen LogP contribution in [0.5, 0.6) is 0 Å². The van der Waals surface area contributed by atoms with Crippen molar-refractivity contribution in [2.75, 3.05) is 25.1 Å². The monoisotopic (exact) mass is 264 g/mol. The van der Waals surface area contributed by atoms with Crippen molar-refractivity contribution >= 4 is 11.7 Å². The van der Waals surface area contributed by atoms with Gasteiger partial charge in [0.1, 0.15) is 12.6 Å². The molecular weight excluding hydrogens is 240 g/mol. The van der Waals surface area contributed by atoms with Crippen LogP contribution in [-0.2, 0) is 9.53 Å². The maximum atomic E-state index is 11.6. The van der Waals surface area contributed by atoms with Gasteiger partial charge < -0.3 is 15.4 Å². The van der Waals surface area contributed by atoms with Crippen molar-refractivity contribution in [1.29, 1.82) is 0 Å². The second-order valence-electron chi connectivity index (χ2n) is 5.16. The molecule has 0 heterocycles. The summed E-state index contributed by atoms with van der Waals surface area (Å²) in [7, 11) is 1.97. The SMILES string of the molecule is CC(C)C[C@H](N)C(=O)OCCN(C)c1ccccc1. The molecule has 0 saturated heterocycles. The fourth-order valence-electron chi connectivity index (χ4n) is 1.81. The summed E-state index contributed by atoms with van der Waals surface area (Å²) >= 11 is 0. The van der Waals surface area contributed by atoms with Gasteiger partial charge in [0.05, 0.1) is 6.54 Å². The molecule has 0 bridgehead atoms. The average Bonchev–Trinajstić information content (AvgIpc) is 2.38. The topological polar surface area (TPSA) is 55.6 Å². The molecule has 0 aliphatic heterocycles. The largest absolute Gasteiger partial charge is 0.463 e. The Labute approximate surface area is 115 Å². The number of benzene rings is 1. The normalized spacial score (nSPS) is 12.3. The molecule has 0 fully saturated rings. The molecule has 0 radical (unpaired) electrons. The maximum Gasteiger partial charge on any atom is 0.322 e. The van der Waals surface area contributed by atoms with Gasteiger partial charge in [0.2, 0.25) is 0 Å². The molecule has 106 valence electrons. The molecule has 0 amide bonds. The number of para-hydroxylation sites is 1. The van der Waals surface area contributed by atoms with Crippen LogP contribution in [-0.4, -0.2) is 32.2 Å². The third-order valence-electron chi connectivity index (χ3n) is 2.90. The van der Waals surface area contributed by atoms with E-state index in [1.807, 2.05) is 56.1 Å². The summed E-state index contributed by atoms with van der Waals surface area (Å²) in [5, 5.41) is 0. The van der Waals surface area contributed by atoms with Crippen LogP contribution in [0.25, 0.3) is 0 Å². The quantitative estimate of drug-likeness (QED) is 0.766. The van der Waals surface area contributed by atoms with Crippen LogP contribution < -0.4 is 10.6 Å². The summed E-state index contributed by atoms with van der Waals surface area (Å²) in [5.74, 6) is 0.0877. The third kappa shape index (κ3) is 5.75. The van der Waals surface area contributed by atoms with Crippen molar-refractivity contribution in [2.24, 2.45) is 11.7 Å². The Kier molecular flexibility index (Phi) is 6.36. The van der Waals surface area contributed by atoms with E-state index >= 15 is 0 Å². The number of anilines is 1. The van der Waals surface area contributed by atoms with Gasteiger partial charge >= 0.3 is 5.97 Å². The van der Waals surface area contributed by atoms with Crippen molar-refractivity contribution in [3.05, 3.63) is 30.3 Å². The summed E-state index contributed by atoms with van der Waals surface area (Å²) in [6, 6.07) is 9.47. The van der Waals surface area contributed by atoms with Crippen LogP contribution in [0.4, 0.5) is 5.69 Å². The summed E-state index contributed by atoms with van der Waals surface area (Å²) in [4.78, 5) is 13.7. The average molecular weight is 264 g/mol. The Hall–Kier alpha value is -1.55. The number of nitrogens with zero attached hydrogens (tertiary/aromatic N) is 1. The van der Waals surface area contributed by atoms with Crippen LogP contribution in [0.15, 0.2) is 30.3 Å². The van der Waals surface area contributed by atoms with Crippen molar-refractivity contribution in [1.82, 2.24) is 0 Å². The Bertz CT molecular complexity index is 379. The summed E-state index contributed by atoms with van der Waals surface area (Å²) in [6.45, 7) is 5.09. The molecule has 0 unspecified atom stereocenters. The number of carbonyl (C=O) groups is 1. The predicted molar refractivity (Wildman–Crippen MR) is 78.1 cm³/mol. The van der Waals surface area contributed by atoms with Gasteiger partial charge in [0, 0.05) is 12.7 Å². The molecule has 1 rings (SSSR count). The minimum absolute atomic E-state index is 0.310. The lowest BCUT2D eigenvalue weighted by atomic mass is 10.1. The van der Waals surface area contributed by atoms with E-state index < -0.39 is 6.04 Å². The standard InChI is InChI=1S/C15H24N2O2/c1-12(2)11-14(16)15(18)19-10-9-17(3)13-7-5-4-6-8-13/h4-8,12,14H,9-11,16H2,1-3H3/t14-/m0/s1. The Balaban J connectivity index is 2.28. The van der Waals surface area contributed by atoms with Gasteiger partial charge in [-0.25, -0.2) is 0 Å². The number of rotatable bonds is 7. The molecule has 0 aliphatic rings. The lowest BCUT2D eigenvalue weighted by Crippen LogP contribution is -2.35. The van der Waals surface area contributed by atoms with Gasteiger partial charge in [0.25, 0.3) is 0 Å². The number of hydrogen-bond donors (Lipinski definition) is 1. The second-order valence-corrected chi connectivity index (χ2v) is 5.16. The Morgan fingerprint density at radius 1 is 1.32 bits per heavy atom. The van der Waals surface area contributed by atoms with Crippen molar-refractivity contribution in [3.63, 3.8) is 0 Å². The van der Waals surface area contributed by atoms with Crippen LogP contribution in [0.2, 0.25) is 0 Å². The first-order valence-electron chi connectivity index (χ1n) is 6.69. The lowest BCUT2D eigenvalue weighted by molar-refractivity contribution is -0.145. The molecule has 19 heavy (non-hydrogen) atoms. The van der Waals surface area contributed by atoms with E-state index in [4.69, 9.17) is 10.5 Å². The van der Waals surface area contributed by atoms with Gasteiger partial charge in [-0.05, 0) is 24.5 Å². The zero-order chi connectivity index (χ0) is 14.3. The molecule has 0 spiro atoms. The highest BCUT2D eigenvalue weighted by atomic mass is 16.5. The second kappa shape index (κ2) is 7.79. The Morgan fingerprint density at radius 3 is 2.53 bits per heavy atom. The highest BCUT2D eigenvalue weighted by Gasteiger charge is 2.16. The summed E-state index contributed by atoms with van der Waals surface area (Å²) in [5.41, 5.74) is 6.86. The number of hydrogen-bond acceptors (Lipinski definition) is 4. The smallest absolute Gasteiger partial charge is 0.322 e. The van der Waals surface area contributed by atoms with Gasteiger partial charge in [-0.15, -0.1) is 0 Å². The fourth-order valence-corrected chi connectivity index (χ4v) is 1.81. The molecule has 0 aliphatic carbocycles. The predicted octanol–water partition coefficient (Wildman–Crippen LogP) is 2.04. The number of nitrogens with two attached hydrogens (primary N) is 1. The van der Waals surface area contributed by atoms with Crippen molar-refractivity contribution in [2.45, 2.75) is 26.3 Å². The Morgan fingerprint density at radius 2 is 1.95 bits per heavy atom. The first-order valence-corrected chi connectivity index (χ1v) is 6.69. The molecule has 4 nitrogen and oxygen atoms in total. The summed E-state index contributed by atoms with van der Waals surface area (Å²) < 4.78 is 5.19. The number of carbonyl (C=O) groups excluding carboxylic acids is 1. The minimum atomic E-state index is -0.512. The zero-order valence-corrected chi connectivity index (χ0v) is 12.0. The van der Waals surface area contributed by atoms with Crippen LogP contribution >= 0.6 is 0 Å². The van der Waals surface area contributed by atoms with Crippen molar-refractivity contribution < 1.29 is 9.53 Å². The zero-order valence-electron chi connectivity index (χ0n) is 12.0. The highest BCUT2D eigenvalue weighted by molar-refractivity contribution is 5.75. The molecule has 0 saturated carbocycles. The van der Waals surface area contributed by atoms with Crippen LogP contribution in [0, 0.1) is 5.92 Å². The minimum Gasteiger partial charge on any atom is -0.463 e. The first-order chi connectivity index (χ1) is 9.00. The van der Waals surface area contributed by atoms with Gasteiger partial charge in [0.15, 0.2) is 0 Å². The van der Waals surface area contributed by atoms with Gasteiger partial charge in [-0.2, -0.15) is 0 Å². The van der Waals surface area contributed by atoms with Crippen LogP contribution in [0.3, 0.4) is 0 Å². The third-order valence-corrected chi connectivity index (χ3v) is 2.90. The molecule has 1 atom stereocenters. The van der Waals surface area contributed by atoms with Crippen LogP contribution in [0.1, 0.15) is 20.3 Å². The van der Waals surface area contributed by atoms with Gasteiger partial charge in [-0.1, -0.05) is 32.0 Å². The van der Waals surface area contributed by atoms with E-state index in [0.717, 1.165) is 5.69 Å². The highest BCUT2D eigenvalue weighted by Crippen LogP contribution is 2.10. The van der Waals surface area contributed by atoms with E-state index in [1.54, 1.807) is 0 Å². The van der Waals surface area contributed by atoms with E-state index in [0.29, 0.717) is 25.5 Å². The molecular formula is C15H24N2O2. The van der Waals surface area contributed by atoms with E-state index in [-0.39, 0.29) is 5.97 Å². The number of ether oxygens (including phenoxy) is 1. The molecule has 2 N–H and O–H groups in total. The number of esters is 1.